The monoisotopic (exact) mass is 377 g/mol. The van der Waals surface area contributed by atoms with Crippen LogP contribution in [0.2, 0.25) is 0 Å². The molecule has 27 heavy (non-hydrogen) atoms. The van der Waals surface area contributed by atoms with Gasteiger partial charge in [0, 0.05) is 40.9 Å². The average molecular weight is 377 g/mol. The van der Waals surface area contributed by atoms with E-state index < -0.39 is 0 Å². The maximum absolute atomic E-state index is 12.3. The van der Waals surface area contributed by atoms with Crippen LogP contribution in [0.3, 0.4) is 0 Å². The van der Waals surface area contributed by atoms with E-state index in [1.807, 2.05) is 53.9 Å². The van der Waals surface area contributed by atoms with Crippen molar-refractivity contribution in [3.05, 3.63) is 65.7 Å². The maximum Gasteiger partial charge on any atom is 0.227 e. The van der Waals surface area contributed by atoms with Crippen LogP contribution in [0.25, 0.3) is 10.6 Å². The van der Waals surface area contributed by atoms with Gasteiger partial charge in [0.15, 0.2) is 0 Å². The highest BCUT2D eigenvalue weighted by Crippen LogP contribution is 2.28. The van der Waals surface area contributed by atoms with E-state index in [9.17, 15) is 9.59 Å². The number of para-hydroxylation sites is 1. The second-order valence-corrected chi connectivity index (χ2v) is 7.44. The predicted octanol–water partition coefficient (Wildman–Crippen LogP) is 4.34. The fourth-order valence-corrected chi connectivity index (χ4v) is 3.88. The summed E-state index contributed by atoms with van der Waals surface area (Å²) in [6.07, 6.45) is 3.30. The third-order valence-electron chi connectivity index (χ3n) is 4.68. The quantitative estimate of drug-likeness (QED) is 0.695. The molecule has 0 saturated carbocycles. The number of nitrogens with one attached hydrogen (secondary N) is 2. The summed E-state index contributed by atoms with van der Waals surface area (Å²) < 4.78 is 0. The summed E-state index contributed by atoms with van der Waals surface area (Å²) in [4.78, 5) is 28.8. The van der Waals surface area contributed by atoms with Crippen LogP contribution in [0, 0.1) is 5.92 Å². The number of nitrogens with zero attached hydrogens (tertiary/aromatic N) is 1. The van der Waals surface area contributed by atoms with Crippen LogP contribution in [0.4, 0.5) is 11.4 Å². The third kappa shape index (κ3) is 4.06. The van der Waals surface area contributed by atoms with Gasteiger partial charge in [-0.2, -0.15) is 0 Å². The lowest BCUT2D eigenvalue weighted by molar-refractivity contribution is -0.121. The van der Waals surface area contributed by atoms with Gasteiger partial charge in [0.2, 0.25) is 11.8 Å². The van der Waals surface area contributed by atoms with E-state index in [1.54, 1.807) is 17.5 Å². The number of anilines is 2. The summed E-state index contributed by atoms with van der Waals surface area (Å²) in [5.41, 5.74) is 3.78. The van der Waals surface area contributed by atoms with Crippen LogP contribution in [-0.4, -0.2) is 16.8 Å². The molecule has 0 saturated heterocycles. The standard InChI is InChI=1S/C21H19N3O2S/c25-19(23-17-8-5-14(6-9-17)21-22-11-12-27-21)10-7-16-13-15-3-1-2-4-18(15)24-20(16)26/h1-6,8-9,11-12,16H,7,10,13H2,(H,23,25)(H,24,26). The van der Waals surface area contributed by atoms with Crippen molar-refractivity contribution in [2.24, 2.45) is 5.92 Å². The molecule has 1 unspecified atom stereocenters. The van der Waals surface area contributed by atoms with Gasteiger partial charge < -0.3 is 10.6 Å². The van der Waals surface area contributed by atoms with Crippen LogP contribution in [-0.2, 0) is 16.0 Å². The Kier molecular flexibility index (Phi) is 4.98. The molecule has 2 aromatic carbocycles. The molecule has 0 fully saturated rings. The number of carbonyl (C=O) groups is 2. The van der Waals surface area contributed by atoms with Gasteiger partial charge in [-0.05, 0) is 48.7 Å². The van der Waals surface area contributed by atoms with Crippen molar-refractivity contribution in [2.45, 2.75) is 19.3 Å². The minimum atomic E-state index is -0.169. The Balaban J connectivity index is 1.32. The minimum Gasteiger partial charge on any atom is -0.326 e. The fraction of sp³-hybridized carbons (Fsp3) is 0.190. The first-order valence-corrected chi connectivity index (χ1v) is 9.75. The van der Waals surface area contributed by atoms with Crippen molar-refractivity contribution in [1.29, 1.82) is 0 Å². The lowest BCUT2D eigenvalue weighted by atomic mass is 9.89. The van der Waals surface area contributed by atoms with E-state index in [0.717, 1.165) is 27.5 Å². The van der Waals surface area contributed by atoms with Crippen molar-refractivity contribution in [3.8, 4) is 10.6 Å². The smallest absolute Gasteiger partial charge is 0.227 e. The largest absolute Gasteiger partial charge is 0.326 e. The molecule has 0 radical (unpaired) electrons. The van der Waals surface area contributed by atoms with Gasteiger partial charge in [-0.25, -0.2) is 4.98 Å². The van der Waals surface area contributed by atoms with Gasteiger partial charge in [-0.1, -0.05) is 18.2 Å². The number of fused-ring (bicyclic) bond motifs is 1. The van der Waals surface area contributed by atoms with E-state index in [4.69, 9.17) is 0 Å². The van der Waals surface area contributed by atoms with Crippen LogP contribution < -0.4 is 10.6 Å². The maximum atomic E-state index is 12.3. The van der Waals surface area contributed by atoms with Crippen molar-refractivity contribution in [1.82, 2.24) is 4.98 Å². The summed E-state index contributed by atoms with van der Waals surface area (Å²) in [5, 5.41) is 8.72. The highest BCUT2D eigenvalue weighted by atomic mass is 32.1. The molecule has 2 heterocycles. The second-order valence-electron chi connectivity index (χ2n) is 6.55. The first kappa shape index (κ1) is 17.4. The highest BCUT2D eigenvalue weighted by Gasteiger charge is 2.26. The van der Waals surface area contributed by atoms with Gasteiger partial charge >= 0.3 is 0 Å². The molecule has 2 amide bonds. The lowest BCUT2D eigenvalue weighted by Gasteiger charge is -2.24. The molecule has 6 heteroatoms. The Labute approximate surface area is 161 Å². The van der Waals surface area contributed by atoms with Gasteiger partial charge in [0.1, 0.15) is 5.01 Å². The number of amides is 2. The van der Waals surface area contributed by atoms with Crippen LogP contribution in [0.15, 0.2) is 60.1 Å². The zero-order chi connectivity index (χ0) is 18.6. The Morgan fingerprint density at radius 2 is 2.00 bits per heavy atom. The van der Waals surface area contributed by atoms with Gasteiger partial charge in [0.25, 0.3) is 0 Å². The molecule has 136 valence electrons. The summed E-state index contributed by atoms with van der Waals surface area (Å²) in [7, 11) is 0. The molecule has 1 atom stereocenters. The molecule has 1 aromatic heterocycles. The molecule has 5 nitrogen and oxygen atoms in total. The Bertz CT molecular complexity index is 952. The van der Waals surface area contributed by atoms with Gasteiger partial charge in [0.05, 0.1) is 0 Å². The van der Waals surface area contributed by atoms with E-state index in [2.05, 4.69) is 15.6 Å². The number of benzene rings is 2. The first-order chi connectivity index (χ1) is 13.2. The van der Waals surface area contributed by atoms with Crippen molar-refractivity contribution in [2.75, 3.05) is 10.6 Å². The van der Waals surface area contributed by atoms with Gasteiger partial charge in [-0.3, -0.25) is 9.59 Å². The van der Waals surface area contributed by atoms with Crippen molar-refractivity contribution >= 4 is 34.5 Å². The number of hydrogen-bond acceptors (Lipinski definition) is 4. The van der Waals surface area contributed by atoms with E-state index in [0.29, 0.717) is 19.3 Å². The predicted molar refractivity (Wildman–Crippen MR) is 108 cm³/mol. The van der Waals surface area contributed by atoms with Crippen LogP contribution in [0.5, 0.6) is 0 Å². The van der Waals surface area contributed by atoms with Crippen molar-refractivity contribution in [3.63, 3.8) is 0 Å². The van der Waals surface area contributed by atoms with Crippen LogP contribution >= 0.6 is 11.3 Å². The Hall–Kier alpha value is -2.99. The zero-order valence-corrected chi connectivity index (χ0v) is 15.5. The van der Waals surface area contributed by atoms with Crippen LogP contribution in [0.1, 0.15) is 18.4 Å². The zero-order valence-electron chi connectivity index (χ0n) is 14.6. The lowest BCUT2D eigenvalue weighted by Crippen LogP contribution is -2.30. The average Bonchev–Trinajstić information content (AvgIpc) is 3.22. The molecule has 3 aromatic rings. The number of aromatic nitrogens is 1. The molecule has 4 rings (SSSR count). The first-order valence-electron chi connectivity index (χ1n) is 8.87. The Morgan fingerprint density at radius 1 is 1.19 bits per heavy atom. The summed E-state index contributed by atoms with van der Waals surface area (Å²) in [6, 6.07) is 15.4. The molecule has 2 N–H and O–H groups in total. The SMILES string of the molecule is O=C(CCC1Cc2ccccc2NC1=O)Nc1ccc(-c2nccs2)cc1. The molecule has 0 aliphatic carbocycles. The number of carbonyl (C=O) groups excluding carboxylic acids is 2. The number of thiazole rings is 1. The third-order valence-corrected chi connectivity index (χ3v) is 5.50. The van der Waals surface area contributed by atoms with E-state index >= 15 is 0 Å². The molecule has 0 spiro atoms. The van der Waals surface area contributed by atoms with E-state index in [1.165, 1.54) is 0 Å². The minimum absolute atomic E-state index is 0.00528. The highest BCUT2D eigenvalue weighted by molar-refractivity contribution is 7.13. The molecule has 1 aliphatic heterocycles. The van der Waals surface area contributed by atoms with Crippen molar-refractivity contribution < 1.29 is 9.59 Å². The molecular weight excluding hydrogens is 358 g/mol. The van der Waals surface area contributed by atoms with E-state index in [-0.39, 0.29) is 17.7 Å². The summed E-state index contributed by atoms with van der Waals surface area (Å²) in [5.74, 6) is -0.254. The topological polar surface area (TPSA) is 71.1 Å². The number of rotatable bonds is 5. The number of hydrogen-bond donors (Lipinski definition) is 2. The van der Waals surface area contributed by atoms with Gasteiger partial charge in [-0.15, -0.1) is 11.3 Å². The Morgan fingerprint density at radius 3 is 2.78 bits per heavy atom. The summed E-state index contributed by atoms with van der Waals surface area (Å²) in [6.45, 7) is 0. The summed E-state index contributed by atoms with van der Waals surface area (Å²) >= 11 is 1.58. The molecule has 0 bridgehead atoms. The normalized spacial score (nSPS) is 15.7. The fourth-order valence-electron chi connectivity index (χ4n) is 3.24. The molecule has 1 aliphatic rings. The molecular formula is C21H19N3O2S. The second kappa shape index (κ2) is 7.72.